The zero-order valence-electron chi connectivity index (χ0n) is 40.2. The number of nitrogens with zero attached hydrogens (tertiary/aromatic N) is 3. The van der Waals surface area contributed by atoms with Crippen molar-refractivity contribution in [2.24, 2.45) is 35.5 Å². The average Bonchev–Trinajstić information content (AvgIpc) is 3.70. The largest absolute Gasteiger partial charge is 0.469 e. The summed E-state index contributed by atoms with van der Waals surface area (Å²) in [6, 6.07) is 8.93. The van der Waals surface area contributed by atoms with Gasteiger partial charge in [0.25, 0.3) is 0 Å². The minimum atomic E-state index is -0.605. The molecule has 1 aromatic carbocycles. The van der Waals surface area contributed by atoms with E-state index >= 15 is 0 Å². The van der Waals surface area contributed by atoms with E-state index in [1.165, 1.54) is 7.11 Å². The summed E-state index contributed by atoms with van der Waals surface area (Å²) < 4.78 is 16.6. The van der Waals surface area contributed by atoms with Gasteiger partial charge in [-0.1, -0.05) is 78.3 Å². The van der Waals surface area contributed by atoms with E-state index in [1.54, 1.807) is 24.0 Å². The van der Waals surface area contributed by atoms with Crippen molar-refractivity contribution in [3.63, 3.8) is 0 Å². The van der Waals surface area contributed by atoms with E-state index in [0.29, 0.717) is 32.4 Å². The number of ketones is 1. The van der Waals surface area contributed by atoms with E-state index < -0.39 is 41.5 Å². The molecule has 3 amide bonds. The highest BCUT2D eigenvalue weighted by atomic mass is 16.6. The number of rotatable bonds is 25. The molecular formula is C49H81N3O9. The molecule has 0 aliphatic carbocycles. The molecule has 0 bridgehead atoms. The van der Waals surface area contributed by atoms with E-state index in [2.05, 4.69) is 13.8 Å². The number of ether oxygens (including phenoxy) is 3. The number of methoxy groups -OCH3 is 2. The van der Waals surface area contributed by atoms with Crippen LogP contribution in [0, 0.1) is 35.5 Å². The van der Waals surface area contributed by atoms with Gasteiger partial charge in [0.1, 0.15) is 11.4 Å². The molecule has 1 fully saturated rings. The van der Waals surface area contributed by atoms with Gasteiger partial charge in [-0.2, -0.15) is 0 Å². The number of benzene rings is 1. The van der Waals surface area contributed by atoms with Crippen LogP contribution in [0.5, 0.6) is 0 Å². The SMILES string of the molecule is CC[C@H](C)[C@@H]([C@@H](CC(=O)N1CCC[C@H]1[C@H](C)[C@@H](C)C(=O)C[C@@H](Cc1ccccc1)C(=O)OC)OC)N(C)C(=O)[C@@H](CC(=O)N(CCCCC(=O)OC(C)(C)C)C(C)C)C(C)C. The Bertz CT molecular complexity index is 1560. The first kappa shape index (κ1) is 53.3. The zero-order valence-corrected chi connectivity index (χ0v) is 40.2. The Hall–Kier alpha value is -3.80. The fraction of sp³-hybridized carbons (Fsp3) is 0.755. The number of amides is 3. The van der Waals surface area contributed by atoms with E-state index in [-0.39, 0.29) is 85.0 Å². The van der Waals surface area contributed by atoms with Crippen LogP contribution in [-0.4, -0.2) is 114 Å². The molecule has 1 heterocycles. The Morgan fingerprint density at radius 1 is 0.885 bits per heavy atom. The van der Waals surface area contributed by atoms with Gasteiger partial charge < -0.3 is 28.9 Å². The van der Waals surface area contributed by atoms with Crippen LogP contribution < -0.4 is 0 Å². The van der Waals surface area contributed by atoms with Gasteiger partial charge in [0.2, 0.25) is 17.7 Å². The quantitative estimate of drug-likeness (QED) is 0.0709. The molecule has 61 heavy (non-hydrogen) atoms. The highest BCUT2D eigenvalue weighted by Crippen LogP contribution is 2.33. The molecule has 2 rings (SSSR count). The van der Waals surface area contributed by atoms with E-state index in [0.717, 1.165) is 24.8 Å². The minimum Gasteiger partial charge on any atom is -0.469 e. The van der Waals surface area contributed by atoms with Gasteiger partial charge in [0.05, 0.1) is 31.6 Å². The van der Waals surface area contributed by atoms with E-state index in [1.807, 2.05) is 97.5 Å². The lowest BCUT2D eigenvalue weighted by atomic mass is 9.81. The molecule has 1 aromatic rings. The fourth-order valence-electron chi connectivity index (χ4n) is 8.82. The van der Waals surface area contributed by atoms with Crippen LogP contribution in [0.2, 0.25) is 0 Å². The summed E-state index contributed by atoms with van der Waals surface area (Å²) in [5.41, 5.74) is 0.414. The Balaban J connectivity index is 2.19. The summed E-state index contributed by atoms with van der Waals surface area (Å²) in [6.45, 7) is 22.4. The summed E-state index contributed by atoms with van der Waals surface area (Å²) >= 11 is 0. The van der Waals surface area contributed by atoms with Gasteiger partial charge in [-0.3, -0.25) is 28.8 Å². The third-order valence-electron chi connectivity index (χ3n) is 12.8. The van der Waals surface area contributed by atoms with Crippen molar-refractivity contribution in [3.05, 3.63) is 35.9 Å². The summed E-state index contributed by atoms with van der Waals surface area (Å²) in [6.07, 6.45) is 3.80. The molecule has 1 aliphatic rings. The maximum absolute atomic E-state index is 14.5. The van der Waals surface area contributed by atoms with Crippen LogP contribution in [0.15, 0.2) is 30.3 Å². The molecular weight excluding hydrogens is 775 g/mol. The zero-order chi connectivity index (χ0) is 46.2. The molecule has 0 aromatic heterocycles. The van der Waals surface area contributed by atoms with Crippen molar-refractivity contribution >= 4 is 35.4 Å². The lowest BCUT2D eigenvalue weighted by Gasteiger charge is -2.41. The van der Waals surface area contributed by atoms with Crippen LogP contribution in [-0.2, 0) is 49.4 Å². The maximum atomic E-state index is 14.5. The Morgan fingerprint density at radius 3 is 2.07 bits per heavy atom. The fourth-order valence-corrected chi connectivity index (χ4v) is 8.82. The van der Waals surface area contributed by atoms with Crippen molar-refractivity contribution in [1.29, 1.82) is 0 Å². The average molecular weight is 856 g/mol. The number of likely N-dealkylation sites (tertiary alicyclic amines) is 1. The van der Waals surface area contributed by atoms with E-state index in [4.69, 9.17) is 14.2 Å². The van der Waals surface area contributed by atoms with Crippen LogP contribution in [0.3, 0.4) is 0 Å². The molecule has 0 saturated carbocycles. The third kappa shape index (κ3) is 16.4. The summed E-state index contributed by atoms with van der Waals surface area (Å²) in [4.78, 5) is 86.8. The van der Waals surface area contributed by atoms with Crippen molar-refractivity contribution in [1.82, 2.24) is 14.7 Å². The van der Waals surface area contributed by atoms with Crippen LogP contribution >= 0.6 is 0 Å². The standard InChI is InChI=1S/C49H81N3O9/c1-15-34(6)46(50(12)47(57)39(32(2)3)30-43(54)51(33(4)5)26-20-19-25-45(56)61-49(9,10)11)42(59-13)31-44(55)52-27-21-24-40(52)35(7)36(8)41(53)29-38(48(58)60-14)28-37-22-17-16-18-23-37/h16-18,22-23,32-36,38-40,42,46H,15,19-21,24-31H2,1-14H3/t34-,35+,36+,38+,39-,40-,42+,46-/m0/s1. The van der Waals surface area contributed by atoms with Crippen LogP contribution in [0.4, 0.5) is 0 Å². The number of Topliss-reactive ketones (excluding diaryl/α,β-unsaturated/α-hetero) is 1. The molecule has 12 nitrogen and oxygen atoms in total. The predicted molar refractivity (Wildman–Crippen MR) is 239 cm³/mol. The monoisotopic (exact) mass is 856 g/mol. The van der Waals surface area contributed by atoms with Gasteiger partial charge >= 0.3 is 11.9 Å². The lowest BCUT2D eigenvalue weighted by molar-refractivity contribution is -0.155. The van der Waals surface area contributed by atoms with Crippen LogP contribution in [0.1, 0.15) is 140 Å². The number of esters is 2. The van der Waals surface area contributed by atoms with Gasteiger partial charge in [-0.25, -0.2) is 0 Å². The molecule has 346 valence electrons. The first-order chi connectivity index (χ1) is 28.6. The Morgan fingerprint density at radius 2 is 1.52 bits per heavy atom. The van der Waals surface area contributed by atoms with Crippen LogP contribution in [0.25, 0.3) is 0 Å². The number of likely N-dealkylation sites (N-methyl/N-ethyl adjacent to an activating group) is 1. The normalized spacial score (nSPS) is 17.8. The molecule has 0 radical (unpaired) electrons. The molecule has 0 unspecified atom stereocenters. The molecule has 0 spiro atoms. The van der Waals surface area contributed by atoms with Gasteiger partial charge in [0, 0.05) is 70.4 Å². The smallest absolute Gasteiger partial charge is 0.309 e. The van der Waals surface area contributed by atoms with Crippen molar-refractivity contribution in [2.45, 2.75) is 170 Å². The maximum Gasteiger partial charge on any atom is 0.309 e. The van der Waals surface area contributed by atoms with Gasteiger partial charge in [-0.05, 0) is 90.0 Å². The van der Waals surface area contributed by atoms with Gasteiger partial charge in [-0.15, -0.1) is 0 Å². The summed E-state index contributed by atoms with van der Waals surface area (Å²) in [5, 5.41) is 0. The lowest BCUT2D eigenvalue weighted by Crippen LogP contribution is -2.53. The number of hydrogen-bond donors (Lipinski definition) is 0. The first-order valence-corrected chi connectivity index (χ1v) is 22.8. The Kier molecular flexibility index (Phi) is 22.2. The van der Waals surface area contributed by atoms with Crippen molar-refractivity contribution in [3.8, 4) is 0 Å². The molecule has 1 saturated heterocycles. The second kappa shape index (κ2) is 25.3. The third-order valence-corrected chi connectivity index (χ3v) is 12.8. The number of unbranched alkanes of at least 4 members (excludes halogenated alkanes) is 1. The Labute approximate surface area is 368 Å². The van der Waals surface area contributed by atoms with E-state index in [9.17, 15) is 28.8 Å². The van der Waals surface area contributed by atoms with Gasteiger partial charge in [0.15, 0.2) is 0 Å². The first-order valence-electron chi connectivity index (χ1n) is 22.8. The second-order valence-corrected chi connectivity index (χ2v) is 19.1. The number of hydrogen-bond acceptors (Lipinski definition) is 9. The second-order valence-electron chi connectivity index (χ2n) is 19.1. The number of carbonyl (C=O) groups excluding carboxylic acids is 6. The topological polar surface area (TPSA) is 140 Å². The number of carbonyl (C=O) groups is 6. The minimum absolute atomic E-state index is 0.0167. The molecule has 0 N–H and O–H groups in total. The molecule has 1 aliphatic heterocycles. The molecule has 12 heteroatoms. The summed E-state index contributed by atoms with van der Waals surface area (Å²) in [7, 11) is 4.69. The van der Waals surface area contributed by atoms with Crippen molar-refractivity contribution in [2.75, 3.05) is 34.4 Å². The highest BCUT2D eigenvalue weighted by molar-refractivity contribution is 5.87. The van der Waals surface area contributed by atoms with Crippen molar-refractivity contribution < 1.29 is 43.0 Å². The molecule has 8 atom stereocenters. The highest BCUT2D eigenvalue weighted by Gasteiger charge is 2.42. The predicted octanol–water partition coefficient (Wildman–Crippen LogP) is 7.93. The summed E-state index contributed by atoms with van der Waals surface area (Å²) in [5.74, 6) is -2.91.